The van der Waals surface area contributed by atoms with Gasteiger partial charge in [0.25, 0.3) is 0 Å². The standard InChI is InChI=1S/C32H54O4/c1-19(2)11-10-12-20(3)22-17-27-32(36-27)30(22,8)16-13-23-29(7)15-14-26(35-21(4)33)28(5,6)24(29)18-25(34)31(23,32)9/h19-20,22-27,34H,10-18H2,1-9H3. The van der Waals surface area contributed by atoms with Gasteiger partial charge in [-0.05, 0) is 73.5 Å². The third kappa shape index (κ3) is 3.34. The molecule has 5 fully saturated rings. The molecular formula is C32H54O4. The molecule has 36 heavy (non-hydrogen) atoms. The van der Waals surface area contributed by atoms with Crippen molar-refractivity contribution in [2.24, 2.45) is 51.2 Å². The number of rotatable bonds is 6. The van der Waals surface area contributed by atoms with Crippen LogP contribution < -0.4 is 0 Å². The molecule has 1 heterocycles. The quantitative estimate of drug-likeness (QED) is 0.309. The molecule has 0 amide bonds. The average Bonchev–Trinajstić information content (AvgIpc) is 3.44. The fourth-order valence-electron chi connectivity index (χ4n) is 11.5. The second-order valence-corrected chi connectivity index (χ2v) is 15.5. The van der Waals surface area contributed by atoms with E-state index in [-0.39, 0.29) is 45.4 Å². The van der Waals surface area contributed by atoms with Crippen LogP contribution in [-0.4, -0.2) is 35.0 Å². The van der Waals surface area contributed by atoms with E-state index in [1.165, 1.54) is 45.4 Å². The van der Waals surface area contributed by atoms with Gasteiger partial charge in [0.2, 0.25) is 0 Å². The van der Waals surface area contributed by atoms with Gasteiger partial charge in [-0.1, -0.05) is 74.7 Å². The SMILES string of the molecule is CC(=O)OC1CCC2(C)C(CC(O)C3(C)C2CCC2(C)C(C(C)CCCC(C)C)CC4OC423)C1(C)C. The Morgan fingerprint density at radius 1 is 1.00 bits per heavy atom. The normalized spacial score (nSPS) is 51.5. The van der Waals surface area contributed by atoms with Crippen LogP contribution >= 0.6 is 0 Å². The second-order valence-electron chi connectivity index (χ2n) is 15.5. The van der Waals surface area contributed by atoms with Crippen LogP contribution in [0.2, 0.25) is 0 Å². The van der Waals surface area contributed by atoms with E-state index in [0.29, 0.717) is 29.8 Å². The molecule has 4 saturated carbocycles. The molecule has 0 aromatic heterocycles. The van der Waals surface area contributed by atoms with E-state index in [1.807, 2.05) is 0 Å². The van der Waals surface area contributed by atoms with Crippen LogP contribution in [0.5, 0.6) is 0 Å². The zero-order valence-electron chi connectivity index (χ0n) is 24.7. The van der Waals surface area contributed by atoms with E-state index in [0.717, 1.165) is 25.2 Å². The summed E-state index contributed by atoms with van der Waals surface area (Å²) in [6.45, 7) is 20.7. The lowest BCUT2D eigenvalue weighted by Crippen LogP contribution is -2.71. The minimum atomic E-state index is -0.379. The summed E-state index contributed by atoms with van der Waals surface area (Å²) in [5.41, 5.74) is -0.264. The summed E-state index contributed by atoms with van der Waals surface area (Å²) in [4.78, 5) is 11.9. The van der Waals surface area contributed by atoms with Gasteiger partial charge < -0.3 is 14.6 Å². The minimum Gasteiger partial charge on any atom is -0.462 e. The molecule has 0 aromatic rings. The number of ether oxygens (including phenoxy) is 2. The highest BCUT2D eigenvalue weighted by Gasteiger charge is 2.86. The second kappa shape index (κ2) is 8.44. The molecule has 4 heteroatoms. The van der Waals surface area contributed by atoms with Crippen LogP contribution in [0.15, 0.2) is 0 Å². The van der Waals surface area contributed by atoms with Crippen molar-refractivity contribution >= 4 is 5.97 Å². The van der Waals surface area contributed by atoms with E-state index in [4.69, 9.17) is 9.47 Å². The lowest BCUT2D eigenvalue weighted by molar-refractivity contribution is -0.262. The molecule has 4 nitrogen and oxygen atoms in total. The maximum Gasteiger partial charge on any atom is 0.302 e. The molecule has 1 saturated heterocycles. The van der Waals surface area contributed by atoms with Crippen molar-refractivity contribution in [3.05, 3.63) is 0 Å². The molecule has 0 aromatic carbocycles. The molecule has 5 rings (SSSR count). The average molecular weight is 503 g/mol. The third-order valence-electron chi connectivity index (χ3n) is 13.2. The van der Waals surface area contributed by atoms with Gasteiger partial charge in [0.1, 0.15) is 11.7 Å². The maximum atomic E-state index is 12.1. The Morgan fingerprint density at radius 2 is 1.69 bits per heavy atom. The molecule has 1 aliphatic heterocycles. The van der Waals surface area contributed by atoms with Gasteiger partial charge in [0.15, 0.2) is 0 Å². The van der Waals surface area contributed by atoms with Crippen LogP contribution in [0.4, 0.5) is 0 Å². The molecule has 0 radical (unpaired) electrons. The molecule has 11 unspecified atom stereocenters. The summed E-state index contributed by atoms with van der Waals surface area (Å²) in [7, 11) is 0. The van der Waals surface area contributed by atoms with Gasteiger partial charge in [-0.2, -0.15) is 0 Å². The van der Waals surface area contributed by atoms with Gasteiger partial charge in [-0.25, -0.2) is 0 Å². The lowest BCUT2D eigenvalue weighted by Gasteiger charge is -2.69. The molecule has 1 N–H and O–H groups in total. The highest BCUT2D eigenvalue weighted by Crippen LogP contribution is 2.82. The molecule has 206 valence electrons. The summed E-state index contributed by atoms with van der Waals surface area (Å²) in [5, 5.41) is 12.1. The summed E-state index contributed by atoms with van der Waals surface area (Å²) in [5.74, 6) is 2.77. The summed E-state index contributed by atoms with van der Waals surface area (Å²) < 4.78 is 12.7. The van der Waals surface area contributed by atoms with Crippen LogP contribution in [-0.2, 0) is 14.3 Å². The predicted octanol–water partition coefficient (Wildman–Crippen LogP) is 7.17. The number of carbonyl (C=O) groups is 1. The Balaban J connectivity index is 1.45. The summed E-state index contributed by atoms with van der Waals surface area (Å²) >= 11 is 0. The van der Waals surface area contributed by atoms with Gasteiger partial charge in [-0.3, -0.25) is 4.79 Å². The fourth-order valence-corrected chi connectivity index (χ4v) is 11.5. The number of fused-ring (bicyclic) bond motifs is 3. The molecule has 4 aliphatic carbocycles. The van der Waals surface area contributed by atoms with Crippen molar-refractivity contribution in [2.75, 3.05) is 0 Å². The van der Waals surface area contributed by atoms with E-state index >= 15 is 0 Å². The largest absolute Gasteiger partial charge is 0.462 e. The zero-order valence-corrected chi connectivity index (χ0v) is 24.7. The molecule has 1 spiro atoms. The summed E-state index contributed by atoms with van der Waals surface area (Å²) in [6, 6.07) is 0. The first-order valence-electron chi connectivity index (χ1n) is 15.2. The predicted molar refractivity (Wildman–Crippen MR) is 143 cm³/mol. The lowest BCUT2D eigenvalue weighted by atomic mass is 9.35. The van der Waals surface area contributed by atoms with Crippen LogP contribution in [0.25, 0.3) is 0 Å². The molecule has 5 aliphatic rings. The van der Waals surface area contributed by atoms with Crippen molar-refractivity contribution < 1.29 is 19.4 Å². The Hall–Kier alpha value is -0.610. The Bertz CT molecular complexity index is 881. The Kier molecular flexibility index (Phi) is 6.33. The molecule has 0 bridgehead atoms. The van der Waals surface area contributed by atoms with Crippen molar-refractivity contribution in [1.82, 2.24) is 0 Å². The molecule has 11 atom stereocenters. The first-order chi connectivity index (χ1) is 16.7. The van der Waals surface area contributed by atoms with Crippen molar-refractivity contribution in [2.45, 2.75) is 144 Å². The summed E-state index contributed by atoms with van der Waals surface area (Å²) in [6.07, 6.45) is 10.2. The van der Waals surface area contributed by atoms with E-state index < -0.39 is 0 Å². The van der Waals surface area contributed by atoms with Gasteiger partial charge in [0.05, 0.1) is 12.2 Å². The van der Waals surface area contributed by atoms with E-state index in [1.54, 1.807) is 0 Å². The third-order valence-corrected chi connectivity index (χ3v) is 13.2. The minimum absolute atomic E-state index is 0.0656. The Morgan fingerprint density at radius 3 is 2.33 bits per heavy atom. The van der Waals surface area contributed by atoms with Gasteiger partial charge >= 0.3 is 5.97 Å². The van der Waals surface area contributed by atoms with Crippen molar-refractivity contribution in [3.63, 3.8) is 0 Å². The van der Waals surface area contributed by atoms with Gasteiger partial charge in [-0.15, -0.1) is 0 Å². The monoisotopic (exact) mass is 502 g/mol. The van der Waals surface area contributed by atoms with Crippen LogP contribution in [0.1, 0.15) is 120 Å². The number of epoxide rings is 1. The first kappa shape index (κ1) is 27.0. The highest BCUT2D eigenvalue weighted by atomic mass is 16.6. The number of hydrogen-bond donors (Lipinski definition) is 1. The highest BCUT2D eigenvalue weighted by molar-refractivity contribution is 5.66. The first-order valence-corrected chi connectivity index (χ1v) is 15.2. The zero-order chi connectivity index (χ0) is 26.5. The molecular weight excluding hydrogens is 448 g/mol. The van der Waals surface area contributed by atoms with Crippen LogP contribution in [0.3, 0.4) is 0 Å². The number of aliphatic hydroxyl groups excluding tert-OH is 1. The van der Waals surface area contributed by atoms with E-state index in [9.17, 15) is 9.90 Å². The van der Waals surface area contributed by atoms with Crippen LogP contribution in [0, 0.1) is 51.2 Å². The van der Waals surface area contributed by atoms with Crippen molar-refractivity contribution in [3.8, 4) is 0 Å². The maximum absolute atomic E-state index is 12.1. The van der Waals surface area contributed by atoms with E-state index in [2.05, 4.69) is 55.4 Å². The van der Waals surface area contributed by atoms with Gasteiger partial charge in [0, 0.05) is 23.2 Å². The topological polar surface area (TPSA) is 59.1 Å². The fraction of sp³-hybridized carbons (Fsp3) is 0.969. The smallest absolute Gasteiger partial charge is 0.302 e. The number of hydrogen-bond acceptors (Lipinski definition) is 4. The number of carbonyl (C=O) groups excluding carboxylic acids is 1. The van der Waals surface area contributed by atoms with Crippen molar-refractivity contribution in [1.29, 1.82) is 0 Å². The number of esters is 1. The number of aliphatic hydroxyl groups is 1. The Labute approximate surface area is 220 Å².